The van der Waals surface area contributed by atoms with Crippen LogP contribution in [0.3, 0.4) is 0 Å². The van der Waals surface area contributed by atoms with Crippen molar-refractivity contribution in [1.82, 2.24) is 14.8 Å². The number of anilines is 1. The normalized spacial score (nSPS) is 20.2. The number of aromatic nitrogens is 1. The van der Waals surface area contributed by atoms with Gasteiger partial charge in [0.15, 0.2) is 0 Å². The van der Waals surface area contributed by atoms with Crippen LogP contribution in [0.5, 0.6) is 0 Å². The van der Waals surface area contributed by atoms with Gasteiger partial charge in [0.05, 0.1) is 24.4 Å². The standard InChI is InChI=1S/C23H25BN4O3/c1-14-19(13-15-21-16(24)3-2-4-17(21)26-22(15)29)25-18-5-6-28(23(30)20(14)18)8-7-27-9-11-31-12-10-27/h2-4,13,25H,5-12H2,1H3,(H,26,29)/b15-13-. The summed E-state index contributed by atoms with van der Waals surface area (Å²) < 4.78 is 5.40. The first-order valence-electron chi connectivity index (χ1n) is 10.8. The number of hydrogen-bond acceptors (Lipinski definition) is 4. The van der Waals surface area contributed by atoms with Gasteiger partial charge in [-0.1, -0.05) is 17.6 Å². The summed E-state index contributed by atoms with van der Waals surface area (Å²) in [6, 6.07) is 5.45. The summed E-state index contributed by atoms with van der Waals surface area (Å²) in [6.07, 6.45) is 2.59. The third-order valence-corrected chi connectivity index (χ3v) is 6.44. The number of aromatic amines is 1. The molecule has 0 saturated carbocycles. The first-order valence-corrected chi connectivity index (χ1v) is 10.8. The Balaban J connectivity index is 1.40. The predicted molar refractivity (Wildman–Crippen MR) is 121 cm³/mol. The monoisotopic (exact) mass is 416 g/mol. The van der Waals surface area contributed by atoms with Crippen molar-refractivity contribution in [2.45, 2.75) is 13.3 Å². The molecule has 1 aromatic carbocycles. The van der Waals surface area contributed by atoms with Gasteiger partial charge in [-0.05, 0) is 24.6 Å². The third kappa shape index (κ3) is 3.60. The zero-order valence-electron chi connectivity index (χ0n) is 17.7. The van der Waals surface area contributed by atoms with Crippen molar-refractivity contribution in [3.8, 4) is 0 Å². The number of nitrogens with one attached hydrogen (secondary N) is 2. The van der Waals surface area contributed by atoms with Crippen LogP contribution in [0.4, 0.5) is 5.69 Å². The van der Waals surface area contributed by atoms with Gasteiger partial charge in [-0.2, -0.15) is 0 Å². The topological polar surface area (TPSA) is 77.7 Å². The fraction of sp³-hybridized carbons (Fsp3) is 0.391. The predicted octanol–water partition coefficient (Wildman–Crippen LogP) is 0.940. The zero-order chi connectivity index (χ0) is 21.5. The van der Waals surface area contributed by atoms with Gasteiger partial charge in [0, 0.05) is 61.8 Å². The molecule has 7 nitrogen and oxygen atoms in total. The Labute approximate surface area is 182 Å². The molecule has 158 valence electrons. The highest BCUT2D eigenvalue weighted by molar-refractivity contribution is 6.44. The fourth-order valence-corrected chi connectivity index (χ4v) is 4.67. The second kappa shape index (κ2) is 8.02. The van der Waals surface area contributed by atoms with E-state index >= 15 is 0 Å². The van der Waals surface area contributed by atoms with Crippen LogP contribution in [0.2, 0.25) is 0 Å². The van der Waals surface area contributed by atoms with Crippen LogP contribution in [0.25, 0.3) is 11.6 Å². The first-order chi connectivity index (χ1) is 15.0. The molecule has 4 heterocycles. The van der Waals surface area contributed by atoms with Gasteiger partial charge in [-0.3, -0.25) is 14.5 Å². The molecule has 3 aliphatic heterocycles. The van der Waals surface area contributed by atoms with E-state index in [-0.39, 0.29) is 11.8 Å². The molecule has 0 unspecified atom stereocenters. The van der Waals surface area contributed by atoms with Gasteiger partial charge in [-0.15, -0.1) is 0 Å². The van der Waals surface area contributed by atoms with Crippen LogP contribution in [-0.4, -0.2) is 80.4 Å². The van der Waals surface area contributed by atoms with Crippen molar-refractivity contribution in [3.63, 3.8) is 0 Å². The zero-order valence-corrected chi connectivity index (χ0v) is 17.7. The van der Waals surface area contributed by atoms with Crippen LogP contribution in [0, 0.1) is 6.92 Å². The van der Waals surface area contributed by atoms with Gasteiger partial charge >= 0.3 is 0 Å². The first kappa shape index (κ1) is 20.1. The van der Waals surface area contributed by atoms with E-state index < -0.39 is 0 Å². The maximum atomic E-state index is 13.2. The Morgan fingerprint density at radius 1 is 1.13 bits per heavy atom. The highest BCUT2D eigenvalue weighted by Gasteiger charge is 2.31. The summed E-state index contributed by atoms with van der Waals surface area (Å²) in [7, 11) is 6.13. The fourth-order valence-electron chi connectivity index (χ4n) is 4.67. The van der Waals surface area contributed by atoms with Gasteiger partial charge < -0.3 is 19.9 Å². The number of carbonyl (C=O) groups excluding carboxylic acids is 2. The highest BCUT2D eigenvalue weighted by atomic mass is 16.5. The van der Waals surface area contributed by atoms with E-state index in [1.807, 2.05) is 30.0 Å². The van der Waals surface area contributed by atoms with E-state index in [1.54, 1.807) is 6.07 Å². The Bertz CT molecular complexity index is 1080. The number of rotatable bonds is 4. The van der Waals surface area contributed by atoms with Gasteiger partial charge in [0.25, 0.3) is 11.8 Å². The Kier molecular flexibility index (Phi) is 5.19. The molecule has 2 amide bonds. The number of benzene rings is 1. The quantitative estimate of drug-likeness (QED) is 0.575. The lowest BCUT2D eigenvalue weighted by atomic mass is 9.87. The molecule has 2 N–H and O–H groups in total. The number of amides is 2. The third-order valence-electron chi connectivity index (χ3n) is 6.44. The highest BCUT2D eigenvalue weighted by Crippen LogP contribution is 2.33. The van der Waals surface area contributed by atoms with Crippen molar-refractivity contribution in [3.05, 3.63) is 46.3 Å². The smallest absolute Gasteiger partial charge is 0.256 e. The largest absolute Gasteiger partial charge is 0.379 e. The number of carbonyl (C=O) groups is 2. The average molecular weight is 416 g/mol. The van der Waals surface area contributed by atoms with Gasteiger partial charge in [-0.25, -0.2) is 0 Å². The van der Waals surface area contributed by atoms with E-state index in [1.165, 1.54) is 0 Å². The SMILES string of the molecule is [B]c1cccc2c1/C(=C/c1[nH]c3c(c1C)C(=O)N(CCN1CCOCC1)CC3)C(=O)N2. The van der Waals surface area contributed by atoms with Crippen molar-refractivity contribution in [2.24, 2.45) is 0 Å². The lowest BCUT2D eigenvalue weighted by molar-refractivity contribution is -0.110. The summed E-state index contributed by atoms with van der Waals surface area (Å²) >= 11 is 0. The van der Waals surface area contributed by atoms with Crippen molar-refractivity contribution in [2.75, 3.05) is 51.3 Å². The number of hydrogen-bond donors (Lipinski definition) is 2. The second-order valence-corrected chi connectivity index (χ2v) is 8.30. The summed E-state index contributed by atoms with van der Waals surface area (Å²) in [6.45, 7) is 7.56. The van der Waals surface area contributed by atoms with Crippen LogP contribution in [-0.2, 0) is 16.0 Å². The number of ether oxygens (including phenoxy) is 1. The molecule has 0 aliphatic carbocycles. The second-order valence-electron chi connectivity index (χ2n) is 8.30. The average Bonchev–Trinajstić information content (AvgIpc) is 3.26. The molecule has 2 aromatic rings. The minimum absolute atomic E-state index is 0.0590. The van der Waals surface area contributed by atoms with Crippen molar-refractivity contribution < 1.29 is 14.3 Å². The summed E-state index contributed by atoms with van der Waals surface area (Å²) in [4.78, 5) is 33.4. The molecule has 1 fully saturated rings. The number of fused-ring (bicyclic) bond motifs is 2. The van der Waals surface area contributed by atoms with E-state index in [0.717, 1.165) is 73.0 Å². The molecule has 0 atom stereocenters. The Hall–Kier alpha value is -2.84. The van der Waals surface area contributed by atoms with E-state index in [2.05, 4.69) is 15.2 Å². The summed E-state index contributed by atoms with van der Waals surface area (Å²) in [5.74, 6) is -0.123. The van der Waals surface area contributed by atoms with E-state index in [0.29, 0.717) is 24.1 Å². The van der Waals surface area contributed by atoms with Crippen LogP contribution < -0.4 is 10.8 Å². The summed E-state index contributed by atoms with van der Waals surface area (Å²) in [5, 5.41) is 2.86. The molecule has 1 saturated heterocycles. The van der Waals surface area contributed by atoms with Gasteiger partial charge in [0.2, 0.25) is 0 Å². The minimum Gasteiger partial charge on any atom is -0.379 e. The van der Waals surface area contributed by atoms with E-state index in [4.69, 9.17) is 12.6 Å². The maximum Gasteiger partial charge on any atom is 0.256 e. The molecule has 8 heteroatoms. The van der Waals surface area contributed by atoms with Crippen LogP contribution in [0.1, 0.15) is 32.9 Å². The molecule has 3 aliphatic rings. The molecule has 0 spiro atoms. The molecule has 31 heavy (non-hydrogen) atoms. The van der Waals surface area contributed by atoms with Crippen molar-refractivity contribution >= 4 is 42.5 Å². The molecule has 0 bridgehead atoms. The lowest BCUT2D eigenvalue weighted by Gasteiger charge is -2.32. The maximum absolute atomic E-state index is 13.2. The molecule has 1 aromatic heterocycles. The molecule has 5 rings (SSSR count). The number of nitrogens with zero attached hydrogens (tertiary/aromatic N) is 2. The number of H-pyrrole nitrogens is 1. The van der Waals surface area contributed by atoms with Crippen LogP contribution in [0.15, 0.2) is 18.2 Å². The Morgan fingerprint density at radius 2 is 1.94 bits per heavy atom. The molecular formula is C23H25BN4O3. The number of morpholine rings is 1. The minimum atomic E-state index is -0.182. The molecular weight excluding hydrogens is 391 g/mol. The summed E-state index contributed by atoms with van der Waals surface area (Å²) in [5.41, 5.74) is 5.85. The Morgan fingerprint density at radius 3 is 2.74 bits per heavy atom. The van der Waals surface area contributed by atoms with Crippen LogP contribution >= 0.6 is 0 Å². The van der Waals surface area contributed by atoms with Crippen molar-refractivity contribution in [1.29, 1.82) is 0 Å². The molecule has 2 radical (unpaired) electrons. The van der Waals surface area contributed by atoms with E-state index in [9.17, 15) is 9.59 Å². The lowest BCUT2D eigenvalue weighted by Crippen LogP contribution is -2.45. The van der Waals surface area contributed by atoms with Gasteiger partial charge in [0.1, 0.15) is 7.85 Å².